The van der Waals surface area contributed by atoms with Crippen molar-refractivity contribution in [3.63, 3.8) is 0 Å². The molecule has 15 heavy (non-hydrogen) atoms. The average Bonchev–Trinajstić information content (AvgIpc) is 2.27. The van der Waals surface area contributed by atoms with Crippen molar-refractivity contribution >= 4 is 5.78 Å². The zero-order valence-electron chi connectivity index (χ0n) is 9.12. The smallest absolute Gasteiger partial charge is 0.163 e. The Morgan fingerprint density at radius 2 is 2.07 bits per heavy atom. The van der Waals surface area contributed by atoms with Crippen LogP contribution in [0.5, 0.6) is 0 Å². The second kappa shape index (κ2) is 3.19. The first-order valence-electron chi connectivity index (χ1n) is 5.93. The molecule has 3 rings (SSSR count). The Morgan fingerprint density at radius 3 is 2.93 bits per heavy atom. The summed E-state index contributed by atoms with van der Waals surface area (Å²) < 4.78 is 0. The SMILES string of the molecule is CC1CCC2CCC(=O)c3cccc1c32. The molecular weight excluding hydrogens is 184 g/mol. The van der Waals surface area contributed by atoms with Crippen molar-refractivity contribution in [2.24, 2.45) is 0 Å². The highest BCUT2D eigenvalue weighted by atomic mass is 16.1. The molecule has 0 saturated heterocycles. The molecule has 0 aliphatic heterocycles. The molecule has 0 N–H and O–H groups in total. The maximum atomic E-state index is 11.8. The molecule has 0 bridgehead atoms. The molecule has 1 aromatic rings. The van der Waals surface area contributed by atoms with Gasteiger partial charge in [-0.15, -0.1) is 0 Å². The fourth-order valence-corrected chi connectivity index (χ4v) is 3.19. The third kappa shape index (κ3) is 1.26. The molecular formula is C14H16O. The summed E-state index contributed by atoms with van der Waals surface area (Å²) in [7, 11) is 0. The third-order valence-corrected chi connectivity index (χ3v) is 4.05. The molecule has 0 saturated carbocycles. The summed E-state index contributed by atoms with van der Waals surface area (Å²) in [5.41, 5.74) is 3.86. The van der Waals surface area contributed by atoms with Crippen molar-refractivity contribution in [1.82, 2.24) is 0 Å². The summed E-state index contributed by atoms with van der Waals surface area (Å²) in [5.74, 6) is 1.67. The first kappa shape index (κ1) is 9.14. The van der Waals surface area contributed by atoms with Crippen molar-refractivity contribution in [2.45, 2.75) is 44.4 Å². The number of Topliss-reactive ketones (excluding diaryl/α,β-unsaturated/α-hetero) is 1. The Bertz CT molecular complexity index is 419. The molecule has 1 nitrogen and oxygen atoms in total. The van der Waals surface area contributed by atoms with E-state index in [4.69, 9.17) is 0 Å². The first-order valence-corrected chi connectivity index (χ1v) is 5.93. The van der Waals surface area contributed by atoms with Crippen molar-refractivity contribution in [3.8, 4) is 0 Å². The molecule has 0 aromatic heterocycles. The van der Waals surface area contributed by atoms with Crippen molar-refractivity contribution in [2.75, 3.05) is 0 Å². The van der Waals surface area contributed by atoms with Crippen LogP contribution >= 0.6 is 0 Å². The Labute approximate surface area is 90.5 Å². The Morgan fingerprint density at radius 1 is 1.20 bits per heavy atom. The van der Waals surface area contributed by atoms with Gasteiger partial charge in [0.2, 0.25) is 0 Å². The topological polar surface area (TPSA) is 17.1 Å². The van der Waals surface area contributed by atoms with E-state index in [0.29, 0.717) is 17.6 Å². The Balaban J connectivity index is 2.24. The third-order valence-electron chi connectivity index (χ3n) is 4.05. The van der Waals surface area contributed by atoms with Gasteiger partial charge in [-0.25, -0.2) is 0 Å². The minimum atomic E-state index is 0.359. The van der Waals surface area contributed by atoms with Gasteiger partial charge in [0.15, 0.2) is 5.78 Å². The van der Waals surface area contributed by atoms with Crippen LogP contribution in [0.25, 0.3) is 0 Å². The zero-order valence-corrected chi connectivity index (χ0v) is 9.12. The van der Waals surface area contributed by atoms with Gasteiger partial charge in [-0.05, 0) is 42.2 Å². The van der Waals surface area contributed by atoms with Crippen LogP contribution in [-0.2, 0) is 0 Å². The summed E-state index contributed by atoms with van der Waals surface area (Å²) in [6.45, 7) is 2.28. The normalized spacial score (nSPS) is 28.7. The second-order valence-corrected chi connectivity index (χ2v) is 4.95. The van der Waals surface area contributed by atoms with Crippen LogP contribution in [0.4, 0.5) is 0 Å². The maximum Gasteiger partial charge on any atom is 0.163 e. The van der Waals surface area contributed by atoms with Gasteiger partial charge in [0.25, 0.3) is 0 Å². The lowest BCUT2D eigenvalue weighted by atomic mass is 9.70. The fraction of sp³-hybridized carbons (Fsp3) is 0.500. The van der Waals surface area contributed by atoms with Gasteiger partial charge in [0.1, 0.15) is 0 Å². The summed E-state index contributed by atoms with van der Waals surface area (Å²) in [5, 5.41) is 0. The van der Waals surface area contributed by atoms with Crippen LogP contribution in [0.15, 0.2) is 18.2 Å². The number of benzene rings is 1. The molecule has 0 fully saturated rings. The van der Waals surface area contributed by atoms with Crippen molar-refractivity contribution in [3.05, 3.63) is 34.9 Å². The molecule has 0 radical (unpaired) electrons. The van der Waals surface area contributed by atoms with E-state index in [-0.39, 0.29) is 0 Å². The molecule has 0 amide bonds. The van der Waals surface area contributed by atoms with Crippen LogP contribution in [0, 0.1) is 0 Å². The van der Waals surface area contributed by atoms with Gasteiger partial charge in [-0.3, -0.25) is 4.79 Å². The number of ketones is 1. The fourth-order valence-electron chi connectivity index (χ4n) is 3.19. The average molecular weight is 200 g/mol. The lowest BCUT2D eigenvalue weighted by Crippen LogP contribution is -2.22. The number of carbonyl (C=O) groups is 1. The van der Waals surface area contributed by atoms with E-state index >= 15 is 0 Å². The van der Waals surface area contributed by atoms with Gasteiger partial charge >= 0.3 is 0 Å². The molecule has 2 aliphatic rings. The van der Waals surface area contributed by atoms with Gasteiger partial charge in [0.05, 0.1) is 0 Å². The summed E-state index contributed by atoms with van der Waals surface area (Å²) >= 11 is 0. The minimum absolute atomic E-state index is 0.359. The summed E-state index contributed by atoms with van der Waals surface area (Å²) in [4.78, 5) is 11.8. The first-order chi connectivity index (χ1) is 7.27. The summed E-state index contributed by atoms with van der Waals surface area (Å²) in [6, 6.07) is 6.29. The predicted molar refractivity (Wildman–Crippen MR) is 60.4 cm³/mol. The highest BCUT2D eigenvalue weighted by molar-refractivity contribution is 5.99. The molecule has 0 spiro atoms. The quantitative estimate of drug-likeness (QED) is 0.624. The van der Waals surface area contributed by atoms with E-state index in [9.17, 15) is 4.79 Å². The number of hydrogen-bond acceptors (Lipinski definition) is 1. The molecule has 2 atom stereocenters. The van der Waals surface area contributed by atoms with Crippen LogP contribution < -0.4 is 0 Å². The number of rotatable bonds is 0. The number of carbonyl (C=O) groups excluding carboxylic acids is 1. The lowest BCUT2D eigenvalue weighted by Gasteiger charge is -2.34. The van der Waals surface area contributed by atoms with E-state index in [1.165, 1.54) is 24.0 Å². The van der Waals surface area contributed by atoms with E-state index in [1.54, 1.807) is 0 Å². The van der Waals surface area contributed by atoms with Gasteiger partial charge in [0, 0.05) is 12.0 Å². The minimum Gasteiger partial charge on any atom is -0.294 e. The van der Waals surface area contributed by atoms with Gasteiger partial charge < -0.3 is 0 Å². The van der Waals surface area contributed by atoms with Crippen LogP contribution in [-0.4, -0.2) is 5.78 Å². The van der Waals surface area contributed by atoms with Crippen LogP contribution in [0.2, 0.25) is 0 Å². The molecule has 2 unspecified atom stereocenters. The second-order valence-electron chi connectivity index (χ2n) is 4.95. The van der Waals surface area contributed by atoms with Gasteiger partial charge in [-0.1, -0.05) is 25.1 Å². The molecule has 78 valence electrons. The molecule has 1 heteroatoms. The largest absolute Gasteiger partial charge is 0.294 e. The Hall–Kier alpha value is -1.11. The van der Waals surface area contributed by atoms with E-state index in [0.717, 1.165) is 18.4 Å². The van der Waals surface area contributed by atoms with E-state index < -0.39 is 0 Å². The Kier molecular flexibility index (Phi) is 1.95. The molecule has 2 aliphatic carbocycles. The van der Waals surface area contributed by atoms with E-state index in [1.807, 2.05) is 6.07 Å². The monoisotopic (exact) mass is 200 g/mol. The highest BCUT2D eigenvalue weighted by Gasteiger charge is 2.32. The van der Waals surface area contributed by atoms with Crippen molar-refractivity contribution in [1.29, 1.82) is 0 Å². The maximum absolute atomic E-state index is 11.8. The molecule has 0 heterocycles. The predicted octanol–water partition coefficient (Wildman–Crippen LogP) is 3.64. The standard InChI is InChI=1S/C14H16O/c1-9-5-6-10-7-8-13(15)12-4-2-3-11(9)14(10)12/h2-4,9-10H,5-8H2,1H3. The highest BCUT2D eigenvalue weighted by Crippen LogP contribution is 2.45. The lowest BCUT2D eigenvalue weighted by molar-refractivity contribution is 0.0964. The zero-order chi connectivity index (χ0) is 10.4. The van der Waals surface area contributed by atoms with Crippen molar-refractivity contribution < 1.29 is 4.79 Å². The van der Waals surface area contributed by atoms with Crippen LogP contribution in [0.1, 0.15) is 65.9 Å². The summed E-state index contributed by atoms with van der Waals surface area (Å²) in [6.07, 6.45) is 4.40. The van der Waals surface area contributed by atoms with Crippen LogP contribution in [0.3, 0.4) is 0 Å². The molecule has 1 aromatic carbocycles. The van der Waals surface area contributed by atoms with Gasteiger partial charge in [-0.2, -0.15) is 0 Å². The van der Waals surface area contributed by atoms with E-state index in [2.05, 4.69) is 19.1 Å². The number of hydrogen-bond donors (Lipinski definition) is 0.